The molecule has 1 saturated heterocycles. The first kappa shape index (κ1) is 16.7. The van der Waals surface area contributed by atoms with Crippen LogP contribution in [0.25, 0.3) is 0 Å². The second-order valence-electron chi connectivity index (χ2n) is 5.89. The van der Waals surface area contributed by atoms with E-state index in [9.17, 15) is 9.59 Å². The van der Waals surface area contributed by atoms with Crippen molar-refractivity contribution in [3.05, 3.63) is 27.4 Å². The van der Waals surface area contributed by atoms with Crippen LogP contribution in [0.5, 0.6) is 0 Å². The number of nitrogens with zero attached hydrogens (tertiary/aromatic N) is 5. The number of hydrogen-bond acceptors (Lipinski definition) is 6. The Morgan fingerprint density at radius 2 is 2.29 bits per heavy atom. The molecule has 3 rings (SSSR count). The van der Waals surface area contributed by atoms with Crippen molar-refractivity contribution >= 4 is 22.4 Å². The number of aryl methyl sites for hydroxylation is 1. The maximum atomic E-state index is 12.7. The molecule has 3 heterocycles. The number of carbonyl (C=O) groups is 1. The van der Waals surface area contributed by atoms with Gasteiger partial charge in [-0.15, -0.1) is 11.3 Å². The summed E-state index contributed by atoms with van der Waals surface area (Å²) in [5.41, 5.74) is 0.369. The summed E-state index contributed by atoms with van der Waals surface area (Å²) >= 11 is 1.42. The van der Waals surface area contributed by atoms with Gasteiger partial charge in [0.25, 0.3) is 5.91 Å². The fourth-order valence-electron chi connectivity index (χ4n) is 3.14. The lowest BCUT2D eigenvalue weighted by atomic mass is 9.97. The summed E-state index contributed by atoms with van der Waals surface area (Å²) in [7, 11) is 3.45. The second-order valence-corrected chi connectivity index (χ2v) is 6.74. The highest BCUT2D eigenvalue weighted by molar-refractivity contribution is 7.13. The molecule has 0 radical (unpaired) electrons. The molecule has 1 atom stereocenters. The molecule has 8 nitrogen and oxygen atoms in total. The van der Waals surface area contributed by atoms with Crippen molar-refractivity contribution in [2.75, 3.05) is 25.5 Å². The van der Waals surface area contributed by atoms with Gasteiger partial charge < -0.3 is 10.2 Å². The van der Waals surface area contributed by atoms with Gasteiger partial charge in [0, 0.05) is 45.0 Å². The molecule has 1 fully saturated rings. The van der Waals surface area contributed by atoms with E-state index in [0.717, 1.165) is 23.8 Å². The van der Waals surface area contributed by atoms with E-state index in [1.54, 1.807) is 24.0 Å². The molecule has 0 bridgehead atoms. The number of amides is 1. The summed E-state index contributed by atoms with van der Waals surface area (Å²) in [4.78, 5) is 30.9. The monoisotopic (exact) mass is 350 g/mol. The highest BCUT2D eigenvalue weighted by atomic mass is 32.1. The van der Waals surface area contributed by atoms with Gasteiger partial charge >= 0.3 is 5.69 Å². The van der Waals surface area contributed by atoms with Gasteiger partial charge in [-0.2, -0.15) is 5.10 Å². The van der Waals surface area contributed by atoms with Gasteiger partial charge in [0.15, 0.2) is 5.13 Å². The number of likely N-dealkylation sites (tertiary alicyclic amines) is 1. The molecule has 0 spiro atoms. The quantitative estimate of drug-likeness (QED) is 0.893. The summed E-state index contributed by atoms with van der Waals surface area (Å²) in [6.07, 6.45) is 1.83. The van der Waals surface area contributed by atoms with Crippen molar-refractivity contribution in [1.82, 2.24) is 24.2 Å². The average Bonchev–Trinajstić information content (AvgIpc) is 3.19. The molecule has 0 saturated carbocycles. The minimum atomic E-state index is -0.103. The predicted octanol–water partition coefficient (Wildman–Crippen LogP) is 1.12. The first-order valence-corrected chi connectivity index (χ1v) is 8.99. The van der Waals surface area contributed by atoms with E-state index < -0.39 is 0 Å². The van der Waals surface area contributed by atoms with Gasteiger partial charge in [0.2, 0.25) is 0 Å². The lowest BCUT2D eigenvalue weighted by Gasteiger charge is -2.31. The summed E-state index contributed by atoms with van der Waals surface area (Å²) in [5, 5.41) is 9.85. The van der Waals surface area contributed by atoms with E-state index in [4.69, 9.17) is 0 Å². The van der Waals surface area contributed by atoms with E-state index in [0.29, 0.717) is 25.3 Å². The molecule has 1 aliphatic rings. The van der Waals surface area contributed by atoms with Crippen molar-refractivity contribution < 1.29 is 4.79 Å². The van der Waals surface area contributed by atoms with Crippen molar-refractivity contribution in [3.8, 4) is 0 Å². The van der Waals surface area contributed by atoms with Crippen LogP contribution in [0.15, 0.2) is 10.2 Å². The smallest absolute Gasteiger partial charge is 0.345 e. The number of rotatable bonds is 4. The van der Waals surface area contributed by atoms with Crippen LogP contribution in [0.3, 0.4) is 0 Å². The Morgan fingerprint density at radius 1 is 1.50 bits per heavy atom. The van der Waals surface area contributed by atoms with Crippen LogP contribution < -0.4 is 11.0 Å². The summed E-state index contributed by atoms with van der Waals surface area (Å²) in [6, 6.07) is 0. The van der Waals surface area contributed by atoms with Gasteiger partial charge in [-0.05, 0) is 19.8 Å². The van der Waals surface area contributed by atoms with E-state index >= 15 is 0 Å². The molecule has 1 aliphatic heterocycles. The predicted molar refractivity (Wildman–Crippen MR) is 92.7 cm³/mol. The standard InChI is InChI=1S/C15H22N6O2S/c1-4-21-12(18-19(3)15(21)23)10-6-5-7-20(8-10)13(22)11-9-24-14(16-2)17-11/h9-10H,4-8H2,1-3H3,(H,16,17). The van der Waals surface area contributed by atoms with Crippen LogP contribution in [0, 0.1) is 0 Å². The van der Waals surface area contributed by atoms with Crippen molar-refractivity contribution in [2.45, 2.75) is 32.2 Å². The Morgan fingerprint density at radius 3 is 2.96 bits per heavy atom. The van der Waals surface area contributed by atoms with E-state index in [1.165, 1.54) is 16.0 Å². The maximum Gasteiger partial charge on any atom is 0.345 e. The van der Waals surface area contributed by atoms with Gasteiger partial charge in [-0.25, -0.2) is 14.5 Å². The molecule has 2 aromatic heterocycles. The minimum absolute atomic E-state index is 0.0567. The third-order valence-corrected chi connectivity index (χ3v) is 5.22. The molecule has 1 N–H and O–H groups in total. The fourth-order valence-corrected chi connectivity index (χ4v) is 3.79. The molecule has 0 aliphatic carbocycles. The SMILES string of the molecule is CCn1c(C2CCCN(C(=O)c3csc(NC)n3)C2)nn(C)c1=O. The van der Waals surface area contributed by atoms with Crippen molar-refractivity contribution in [2.24, 2.45) is 7.05 Å². The molecule has 1 amide bonds. The number of thiazole rings is 1. The highest BCUT2D eigenvalue weighted by Gasteiger charge is 2.30. The van der Waals surface area contributed by atoms with Gasteiger partial charge in [-0.3, -0.25) is 9.36 Å². The minimum Gasteiger partial charge on any atom is -0.365 e. The van der Waals surface area contributed by atoms with Crippen LogP contribution in [-0.2, 0) is 13.6 Å². The lowest BCUT2D eigenvalue weighted by molar-refractivity contribution is 0.0698. The third kappa shape index (κ3) is 2.95. The molecule has 9 heteroatoms. The topological polar surface area (TPSA) is 85.1 Å². The number of anilines is 1. The van der Waals surface area contributed by atoms with Crippen LogP contribution in [0.4, 0.5) is 5.13 Å². The maximum absolute atomic E-state index is 12.7. The highest BCUT2D eigenvalue weighted by Crippen LogP contribution is 2.26. The Bertz CT molecular complexity index is 792. The number of carbonyl (C=O) groups excluding carboxylic acids is 1. The first-order valence-electron chi connectivity index (χ1n) is 8.11. The fraction of sp³-hybridized carbons (Fsp3) is 0.600. The van der Waals surface area contributed by atoms with Crippen LogP contribution in [-0.4, -0.2) is 50.3 Å². The van der Waals surface area contributed by atoms with Crippen LogP contribution >= 0.6 is 11.3 Å². The summed E-state index contributed by atoms with van der Waals surface area (Å²) < 4.78 is 3.07. The zero-order valence-corrected chi connectivity index (χ0v) is 15.0. The number of nitrogens with one attached hydrogen (secondary N) is 1. The van der Waals surface area contributed by atoms with Gasteiger partial charge in [-0.1, -0.05) is 0 Å². The number of aromatic nitrogens is 4. The largest absolute Gasteiger partial charge is 0.365 e. The van der Waals surface area contributed by atoms with Crippen LogP contribution in [0.1, 0.15) is 42.0 Å². The van der Waals surface area contributed by atoms with E-state index in [2.05, 4.69) is 15.4 Å². The van der Waals surface area contributed by atoms with Crippen molar-refractivity contribution in [1.29, 1.82) is 0 Å². The average molecular weight is 350 g/mol. The molecular formula is C15H22N6O2S. The molecule has 24 heavy (non-hydrogen) atoms. The van der Waals surface area contributed by atoms with E-state index in [-0.39, 0.29) is 17.5 Å². The molecule has 130 valence electrons. The molecule has 0 aromatic carbocycles. The Labute approximate surface area is 144 Å². The summed E-state index contributed by atoms with van der Waals surface area (Å²) in [5.74, 6) is 0.800. The normalized spacial score (nSPS) is 18.0. The Kier molecular flexibility index (Phi) is 4.70. The van der Waals surface area contributed by atoms with Gasteiger partial charge in [0.05, 0.1) is 0 Å². The number of hydrogen-bond donors (Lipinski definition) is 1. The second kappa shape index (κ2) is 6.76. The zero-order chi connectivity index (χ0) is 17.3. The summed E-state index contributed by atoms with van der Waals surface area (Å²) in [6.45, 7) is 3.81. The molecule has 1 unspecified atom stereocenters. The Hall–Kier alpha value is -2.16. The van der Waals surface area contributed by atoms with Crippen molar-refractivity contribution in [3.63, 3.8) is 0 Å². The first-order chi connectivity index (χ1) is 11.5. The van der Waals surface area contributed by atoms with Crippen LogP contribution in [0.2, 0.25) is 0 Å². The zero-order valence-electron chi connectivity index (χ0n) is 14.2. The third-order valence-electron chi connectivity index (χ3n) is 4.36. The number of piperidine rings is 1. The molecule has 2 aromatic rings. The molecular weight excluding hydrogens is 328 g/mol. The van der Waals surface area contributed by atoms with Gasteiger partial charge in [0.1, 0.15) is 11.5 Å². The Balaban J connectivity index is 1.80. The lowest BCUT2D eigenvalue weighted by Crippen LogP contribution is -2.40. The van der Waals surface area contributed by atoms with E-state index in [1.807, 2.05) is 11.8 Å².